The number of carbonyl (C=O) groups excluding carboxylic acids is 2. The first-order chi connectivity index (χ1) is 6.41. The summed E-state index contributed by atoms with van der Waals surface area (Å²) in [5.74, 6) is 0. The van der Waals surface area contributed by atoms with E-state index < -0.39 is 0 Å². The van der Waals surface area contributed by atoms with Gasteiger partial charge < -0.3 is 14.8 Å². The number of rotatable bonds is 4. The Kier molecular flexibility index (Phi) is 9.66. The van der Waals surface area contributed by atoms with Crippen molar-refractivity contribution in [2.75, 3.05) is 7.11 Å². The average molecular weight is 203 g/mol. The maximum absolute atomic E-state index is 9.90. The summed E-state index contributed by atoms with van der Waals surface area (Å²) in [7, 11) is 1.71. The van der Waals surface area contributed by atoms with E-state index in [9.17, 15) is 9.59 Å². The van der Waals surface area contributed by atoms with Crippen molar-refractivity contribution in [1.82, 2.24) is 5.32 Å². The minimum atomic E-state index is -0.299. The molecule has 0 saturated carbocycles. The van der Waals surface area contributed by atoms with Crippen LogP contribution in [0.1, 0.15) is 34.1 Å². The lowest BCUT2D eigenvalue weighted by Crippen LogP contribution is -2.27. The lowest BCUT2D eigenvalue weighted by Gasteiger charge is -2.14. The third-order valence-electron chi connectivity index (χ3n) is 1.50. The van der Waals surface area contributed by atoms with E-state index in [-0.39, 0.29) is 11.6 Å². The standard InChI is InChI=1S/C5H9NO2.C5H12O/c1-2-5(3-7)6-4-8;1-5(2,3)6-4/h3-5H,2H2,1H3,(H,6,8);1-4H3. The Morgan fingerprint density at radius 3 is 1.86 bits per heavy atom. The Morgan fingerprint density at radius 2 is 1.79 bits per heavy atom. The molecule has 0 aromatic heterocycles. The van der Waals surface area contributed by atoms with Crippen LogP contribution in [0.3, 0.4) is 0 Å². The van der Waals surface area contributed by atoms with Gasteiger partial charge in [-0.15, -0.1) is 0 Å². The van der Waals surface area contributed by atoms with Gasteiger partial charge in [-0.1, -0.05) is 6.92 Å². The Balaban J connectivity index is 0. The maximum Gasteiger partial charge on any atom is 0.207 e. The zero-order chi connectivity index (χ0) is 11.6. The van der Waals surface area contributed by atoms with E-state index in [1.807, 2.05) is 27.7 Å². The highest BCUT2D eigenvalue weighted by atomic mass is 16.5. The summed E-state index contributed by atoms with van der Waals surface area (Å²) in [4.78, 5) is 19.6. The summed E-state index contributed by atoms with van der Waals surface area (Å²) in [6.07, 6.45) is 1.90. The molecule has 0 aliphatic carbocycles. The maximum atomic E-state index is 9.90. The molecule has 0 saturated heterocycles. The minimum Gasteiger partial charge on any atom is -0.379 e. The van der Waals surface area contributed by atoms with Gasteiger partial charge in [-0.25, -0.2) is 0 Å². The number of hydrogen-bond donors (Lipinski definition) is 1. The molecule has 0 bridgehead atoms. The van der Waals surface area contributed by atoms with E-state index >= 15 is 0 Å². The highest BCUT2D eigenvalue weighted by molar-refractivity contribution is 5.63. The van der Waals surface area contributed by atoms with Crippen LogP contribution in [-0.2, 0) is 14.3 Å². The Hall–Kier alpha value is -0.900. The van der Waals surface area contributed by atoms with Crippen molar-refractivity contribution in [2.45, 2.75) is 45.8 Å². The number of methoxy groups -OCH3 is 1. The van der Waals surface area contributed by atoms with Crippen LogP contribution in [0.25, 0.3) is 0 Å². The molecule has 0 radical (unpaired) electrons. The summed E-state index contributed by atoms with van der Waals surface area (Å²) in [5, 5.41) is 2.33. The Bertz CT molecular complexity index is 152. The fourth-order valence-corrected chi connectivity index (χ4v) is 0.341. The predicted molar refractivity (Wildman–Crippen MR) is 56.1 cm³/mol. The molecule has 1 unspecified atom stereocenters. The number of aldehydes is 1. The van der Waals surface area contributed by atoms with E-state index in [2.05, 4.69) is 5.32 Å². The molecule has 14 heavy (non-hydrogen) atoms. The van der Waals surface area contributed by atoms with Crippen LogP contribution in [0.5, 0.6) is 0 Å². The van der Waals surface area contributed by atoms with E-state index in [1.165, 1.54) is 0 Å². The van der Waals surface area contributed by atoms with Crippen LogP contribution in [0.2, 0.25) is 0 Å². The summed E-state index contributed by atoms with van der Waals surface area (Å²) in [6.45, 7) is 7.89. The lowest BCUT2D eigenvalue weighted by molar-refractivity contribution is -0.115. The zero-order valence-electron chi connectivity index (χ0n) is 9.66. The van der Waals surface area contributed by atoms with Gasteiger partial charge in [0.25, 0.3) is 0 Å². The van der Waals surface area contributed by atoms with E-state index in [1.54, 1.807) is 7.11 Å². The minimum absolute atomic E-state index is 0.0417. The van der Waals surface area contributed by atoms with E-state index in [4.69, 9.17) is 4.74 Å². The lowest BCUT2D eigenvalue weighted by atomic mass is 10.2. The molecule has 0 aliphatic heterocycles. The molecule has 0 rings (SSSR count). The molecule has 84 valence electrons. The first-order valence-corrected chi connectivity index (χ1v) is 4.61. The number of amides is 1. The van der Waals surface area contributed by atoms with Gasteiger partial charge in [0.1, 0.15) is 6.29 Å². The van der Waals surface area contributed by atoms with Crippen molar-refractivity contribution in [3.05, 3.63) is 0 Å². The molecule has 0 aromatic carbocycles. The second-order valence-corrected chi connectivity index (χ2v) is 3.75. The molecule has 4 heteroatoms. The van der Waals surface area contributed by atoms with Crippen molar-refractivity contribution in [3.8, 4) is 0 Å². The third-order valence-corrected chi connectivity index (χ3v) is 1.50. The van der Waals surface area contributed by atoms with Crippen LogP contribution in [0, 0.1) is 0 Å². The van der Waals surface area contributed by atoms with E-state index in [0.717, 1.165) is 0 Å². The van der Waals surface area contributed by atoms with Gasteiger partial charge >= 0.3 is 0 Å². The molecule has 0 aromatic rings. The molecular weight excluding hydrogens is 182 g/mol. The fraction of sp³-hybridized carbons (Fsp3) is 0.800. The van der Waals surface area contributed by atoms with Crippen LogP contribution >= 0.6 is 0 Å². The first-order valence-electron chi connectivity index (χ1n) is 4.61. The second kappa shape index (κ2) is 8.69. The summed E-state index contributed by atoms with van der Waals surface area (Å²) in [6, 6.07) is -0.299. The highest BCUT2D eigenvalue weighted by Crippen LogP contribution is 2.02. The van der Waals surface area contributed by atoms with Crippen LogP contribution < -0.4 is 5.32 Å². The van der Waals surface area contributed by atoms with Gasteiger partial charge in [-0.3, -0.25) is 4.79 Å². The van der Waals surface area contributed by atoms with Gasteiger partial charge in [0, 0.05) is 7.11 Å². The molecule has 4 nitrogen and oxygen atoms in total. The Morgan fingerprint density at radius 1 is 1.36 bits per heavy atom. The second-order valence-electron chi connectivity index (χ2n) is 3.75. The van der Waals surface area contributed by atoms with Gasteiger partial charge in [0.2, 0.25) is 6.41 Å². The molecule has 1 atom stereocenters. The van der Waals surface area contributed by atoms with Crippen molar-refractivity contribution in [1.29, 1.82) is 0 Å². The van der Waals surface area contributed by atoms with E-state index in [0.29, 0.717) is 19.1 Å². The van der Waals surface area contributed by atoms with Gasteiger partial charge in [0.05, 0.1) is 11.6 Å². The number of ether oxygens (including phenoxy) is 1. The molecule has 0 spiro atoms. The molecule has 0 heterocycles. The van der Waals surface area contributed by atoms with Crippen LogP contribution in [-0.4, -0.2) is 31.4 Å². The largest absolute Gasteiger partial charge is 0.379 e. The van der Waals surface area contributed by atoms with Crippen LogP contribution in [0.15, 0.2) is 0 Å². The molecular formula is C10H21NO3. The number of hydrogen-bond acceptors (Lipinski definition) is 3. The SMILES string of the molecule is CCC(C=O)NC=O.COC(C)(C)C. The summed E-state index contributed by atoms with van der Waals surface area (Å²) >= 11 is 0. The van der Waals surface area contributed by atoms with Gasteiger partial charge in [0.15, 0.2) is 0 Å². The summed E-state index contributed by atoms with van der Waals surface area (Å²) in [5.41, 5.74) is 0.0417. The van der Waals surface area contributed by atoms with Crippen molar-refractivity contribution in [3.63, 3.8) is 0 Å². The summed E-state index contributed by atoms with van der Waals surface area (Å²) < 4.78 is 4.94. The van der Waals surface area contributed by atoms with Gasteiger partial charge in [-0.05, 0) is 27.2 Å². The molecule has 0 fully saturated rings. The Labute approximate surface area is 86.0 Å². The smallest absolute Gasteiger partial charge is 0.207 e. The number of nitrogens with one attached hydrogen (secondary N) is 1. The predicted octanol–water partition coefficient (Wildman–Crippen LogP) is 1.14. The van der Waals surface area contributed by atoms with Crippen molar-refractivity contribution in [2.24, 2.45) is 0 Å². The number of carbonyl (C=O) groups is 2. The molecule has 1 N–H and O–H groups in total. The highest BCUT2D eigenvalue weighted by Gasteiger charge is 2.04. The topological polar surface area (TPSA) is 55.4 Å². The van der Waals surface area contributed by atoms with Crippen molar-refractivity contribution >= 4 is 12.7 Å². The van der Waals surface area contributed by atoms with Crippen LogP contribution in [0.4, 0.5) is 0 Å². The molecule has 0 aliphatic rings. The first kappa shape index (κ1) is 15.6. The molecule has 1 amide bonds. The van der Waals surface area contributed by atoms with Crippen molar-refractivity contribution < 1.29 is 14.3 Å². The van der Waals surface area contributed by atoms with Gasteiger partial charge in [-0.2, -0.15) is 0 Å². The third kappa shape index (κ3) is 13.7. The quantitative estimate of drug-likeness (QED) is 0.697. The average Bonchev–Trinajstić information content (AvgIpc) is 2.14. The fourth-order valence-electron chi connectivity index (χ4n) is 0.341. The zero-order valence-corrected chi connectivity index (χ0v) is 9.66. The monoisotopic (exact) mass is 203 g/mol. The normalized spacial score (nSPS) is 12.1.